The van der Waals surface area contributed by atoms with Gasteiger partial charge in [0.2, 0.25) is 0 Å². The van der Waals surface area contributed by atoms with Gasteiger partial charge in [-0.15, -0.1) is 0 Å². The molecule has 0 amide bonds. The van der Waals surface area contributed by atoms with Crippen LogP contribution < -0.4 is 4.74 Å². The summed E-state index contributed by atoms with van der Waals surface area (Å²) < 4.78 is 5.66. The molecule has 4 heteroatoms. The summed E-state index contributed by atoms with van der Waals surface area (Å²) in [6, 6.07) is 3.37. The van der Waals surface area contributed by atoms with Crippen LogP contribution in [0.15, 0.2) is 12.1 Å². The Hall–Kier alpha value is -0.770. The van der Waals surface area contributed by atoms with Crippen LogP contribution in [0.2, 0.25) is 5.02 Å². The zero-order chi connectivity index (χ0) is 12.3. The van der Waals surface area contributed by atoms with Crippen molar-refractivity contribution >= 4 is 11.6 Å². The molecule has 16 heavy (non-hydrogen) atoms. The summed E-state index contributed by atoms with van der Waals surface area (Å²) >= 11 is 5.98. The van der Waals surface area contributed by atoms with Crippen LogP contribution in [0.3, 0.4) is 0 Å². The van der Waals surface area contributed by atoms with Crippen LogP contribution in [0.4, 0.5) is 0 Å². The lowest BCUT2D eigenvalue weighted by Gasteiger charge is -2.22. The second-order valence-corrected chi connectivity index (χ2v) is 4.96. The first-order valence-corrected chi connectivity index (χ1v) is 5.47. The number of ether oxygens (including phenoxy) is 1. The zero-order valence-corrected chi connectivity index (χ0v) is 10.5. The first-order chi connectivity index (χ1) is 7.37. The molecule has 0 unspecified atom stereocenters. The Bertz CT molecular complexity index is 344. The zero-order valence-electron chi connectivity index (χ0n) is 9.75. The van der Waals surface area contributed by atoms with Crippen molar-refractivity contribution < 1.29 is 14.9 Å². The lowest BCUT2D eigenvalue weighted by molar-refractivity contribution is 0.130. The van der Waals surface area contributed by atoms with Gasteiger partial charge in [-0.3, -0.25) is 0 Å². The fourth-order valence-corrected chi connectivity index (χ4v) is 1.59. The van der Waals surface area contributed by atoms with E-state index in [4.69, 9.17) is 26.6 Å². The highest BCUT2D eigenvalue weighted by molar-refractivity contribution is 6.32. The van der Waals surface area contributed by atoms with Gasteiger partial charge in [0.1, 0.15) is 11.4 Å². The maximum absolute atomic E-state index is 9.14. The molecule has 1 rings (SSSR count). The van der Waals surface area contributed by atoms with Crippen LogP contribution >= 0.6 is 11.6 Å². The van der Waals surface area contributed by atoms with Crippen molar-refractivity contribution in [2.45, 2.75) is 39.6 Å². The third-order valence-electron chi connectivity index (χ3n) is 1.96. The highest BCUT2D eigenvalue weighted by Gasteiger charge is 2.15. The Labute approximate surface area is 101 Å². The lowest BCUT2D eigenvalue weighted by atomic mass is 10.1. The van der Waals surface area contributed by atoms with E-state index in [-0.39, 0.29) is 18.8 Å². The normalized spacial score (nSPS) is 11.6. The topological polar surface area (TPSA) is 49.7 Å². The Morgan fingerprint density at radius 2 is 1.56 bits per heavy atom. The molecule has 0 aromatic heterocycles. The molecule has 0 atom stereocenters. The number of hydrogen-bond acceptors (Lipinski definition) is 3. The standard InChI is InChI=1S/C12H17ClO3/c1-12(2,3)16-10-4-8(6-14)11(13)9(5-10)7-15/h4-5,14-15H,6-7H2,1-3H3. The molecular weight excluding hydrogens is 228 g/mol. The monoisotopic (exact) mass is 244 g/mol. The number of halogens is 1. The van der Waals surface area contributed by atoms with E-state index in [1.165, 1.54) is 0 Å². The summed E-state index contributed by atoms with van der Waals surface area (Å²) in [6.07, 6.45) is 0. The molecule has 90 valence electrons. The smallest absolute Gasteiger partial charge is 0.120 e. The summed E-state index contributed by atoms with van der Waals surface area (Å²) in [5.41, 5.74) is 0.799. The SMILES string of the molecule is CC(C)(C)Oc1cc(CO)c(Cl)c(CO)c1. The average Bonchev–Trinajstić information content (AvgIpc) is 2.18. The number of hydrogen-bond donors (Lipinski definition) is 2. The van der Waals surface area contributed by atoms with E-state index in [1.54, 1.807) is 12.1 Å². The van der Waals surface area contributed by atoms with Crippen molar-refractivity contribution in [3.63, 3.8) is 0 Å². The van der Waals surface area contributed by atoms with E-state index in [9.17, 15) is 0 Å². The molecule has 2 N–H and O–H groups in total. The van der Waals surface area contributed by atoms with Crippen LogP contribution in [0.5, 0.6) is 5.75 Å². The molecule has 0 saturated carbocycles. The Balaban J connectivity index is 3.12. The largest absolute Gasteiger partial charge is 0.488 e. The number of benzene rings is 1. The van der Waals surface area contributed by atoms with Crippen LogP contribution in [0, 0.1) is 0 Å². The molecule has 0 aliphatic carbocycles. The van der Waals surface area contributed by atoms with Gasteiger partial charge in [0.25, 0.3) is 0 Å². The second-order valence-electron chi connectivity index (χ2n) is 4.59. The van der Waals surface area contributed by atoms with Gasteiger partial charge < -0.3 is 14.9 Å². The minimum atomic E-state index is -0.326. The van der Waals surface area contributed by atoms with Gasteiger partial charge in [-0.25, -0.2) is 0 Å². The quantitative estimate of drug-likeness (QED) is 0.859. The minimum absolute atomic E-state index is 0.173. The average molecular weight is 245 g/mol. The Morgan fingerprint density at radius 1 is 1.12 bits per heavy atom. The van der Waals surface area contributed by atoms with Crippen LogP contribution in [0.1, 0.15) is 31.9 Å². The molecule has 3 nitrogen and oxygen atoms in total. The summed E-state index contributed by atoms with van der Waals surface area (Å²) in [6.45, 7) is 5.44. The van der Waals surface area contributed by atoms with Gasteiger partial charge in [-0.05, 0) is 32.9 Å². The summed E-state index contributed by atoms with van der Waals surface area (Å²) in [7, 11) is 0. The first-order valence-electron chi connectivity index (χ1n) is 5.09. The Morgan fingerprint density at radius 3 is 1.88 bits per heavy atom. The molecule has 1 aromatic rings. The van der Waals surface area contributed by atoms with E-state index >= 15 is 0 Å². The molecule has 0 heterocycles. The minimum Gasteiger partial charge on any atom is -0.488 e. The molecule has 0 aliphatic heterocycles. The molecular formula is C12H17ClO3. The van der Waals surface area contributed by atoms with Crippen molar-refractivity contribution in [1.29, 1.82) is 0 Å². The van der Waals surface area contributed by atoms with Crippen molar-refractivity contribution in [3.05, 3.63) is 28.3 Å². The van der Waals surface area contributed by atoms with Gasteiger partial charge in [-0.1, -0.05) is 11.6 Å². The summed E-state index contributed by atoms with van der Waals surface area (Å²) in [5.74, 6) is 0.602. The maximum atomic E-state index is 9.14. The van der Waals surface area contributed by atoms with Crippen molar-refractivity contribution in [2.75, 3.05) is 0 Å². The van der Waals surface area contributed by atoms with Crippen molar-refractivity contribution in [1.82, 2.24) is 0 Å². The summed E-state index contributed by atoms with van der Waals surface area (Å²) in [4.78, 5) is 0. The highest BCUT2D eigenvalue weighted by atomic mass is 35.5. The van der Waals surface area contributed by atoms with E-state index in [0.29, 0.717) is 21.9 Å². The van der Waals surface area contributed by atoms with Crippen LogP contribution in [-0.2, 0) is 13.2 Å². The third-order valence-corrected chi connectivity index (χ3v) is 2.45. The molecule has 0 bridgehead atoms. The van der Waals surface area contributed by atoms with Crippen molar-refractivity contribution in [3.8, 4) is 5.75 Å². The molecule has 0 aliphatic rings. The number of aliphatic hydroxyl groups excluding tert-OH is 2. The predicted octanol–water partition coefficient (Wildman–Crippen LogP) is 2.50. The van der Waals surface area contributed by atoms with Gasteiger partial charge >= 0.3 is 0 Å². The maximum Gasteiger partial charge on any atom is 0.120 e. The lowest BCUT2D eigenvalue weighted by Crippen LogP contribution is -2.23. The highest BCUT2D eigenvalue weighted by Crippen LogP contribution is 2.29. The van der Waals surface area contributed by atoms with Crippen LogP contribution in [-0.4, -0.2) is 15.8 Å². The third kappa shape index (κ3) is 3.37. The fourth-order valence-electron chi connectivity index (χ4n) is 1.36. The Kier molecular flexibility index (Phi) is 4.19. The second kappa shape index (κ2) is 5.04. The van der Waals surface area contributed by atoms with E-state index in [0.717, 1.165) is 0 Å². The molecule has 0 saturated heterocycles. The molecule has 0 radical (unpaired) electrons. The van der Waals surface area contributed by atoms with Gasteiger partial charge in [0.15, 0.2) is 0 Å². The van der Waals surface area contributed by atoms with Gasteiger partial charge in [0.05, 0.1) is 18.2 Å². The summed E-state index contributed by atoms with van der Waals surface area (Å²) in [5, 5.41) is 18.7. The van der Waals surface area contributed by atoms with E-state index in [1.807, 2.05) is 20.8 Å². The van der Waals surface area contributed by atoms with Gasteiger partial charge in [0, 0.05) is 11.1 Å². The fraction of sp³-hybridized carbons (Fsp3) is 0.500. The van der Waals surface area contributed by atoms with Crippen LogP contribution in [0.25, 0.3) is 0 Å². The number of rotatable bonds is 3. The molecule has 0 fully saturated rings. The number of aliphatic hydroxyl groups is 2. The molecule has 0 spiro atoms. The predicted molar refractivity (Wildman–Crippen MR) is 63.7 cm³/mol. The first kappa shape index (κ1) is 13.3. The molecule has 1 aromatic carbocycles. The van der Waals surface area contributed by atoms with Gasteiger partial charge in [-0.2, -0.15) is 0 Å². The van der Waals surface area contributed by atoms with E-state index in [2.05, 4.69) is 0 Å². The van der Waals surface area contributed by atoms with Crippen molar-refractivity contribution in [2.24, 2.45) is 0 Å². The van der Waals surface area contributed by atoms with E-state index < -0.39 is 0 Å².